The lowest BCUT2D eigenvalue weighted by atomic mass is 10.0. The highest BCUT2D eigenvalue weighted by molar-refractivity contribution is 5.70. The number of carbonyl (C=O) groups excluding carboxylic acids is 2. The van der Waals surface area contributed by atoms with Crippen molar-refractivity contribution in [1.29, 1.82) is 0 Å². The zero-order valence-corrected chi connectivity index (χ0v) is 49.1. The Balaban J connectivity index is 3.47. The molecule has 5 heteroatoms. The molecule has 1 N–H and O–H groups in total. The molecule has 0 aliphatic rings. The molecule has 0 heterocycles. The molecule has 0 amide bonds. The van der Waals surface area contributed by atoms with Crippen LogP contribution in [0.3, 0.4) is 0 Å². The summed E-state index contributed by atoms with van der Waals surface area (Å²) in [7, 11) is 0. The van der Waals surface area contributed by atoms with E-state index < -0.39 is 6.10 Å². The van der Waals surface area contributed by atoms with Gasteiger partial charge in [0.1, 0.15) is 6.61 Å². The number of hydrogen-bond acceptors (Lipinski definition) is 5. The fraction of sp³-hybridized carbons (Fsp3) is 0.768. The van der Waals surface area contributed by atoms with Crippen molar-refractivity contribution in [2.75, 3.05) is 13.2 Å². The van der Waals surface area contributed by atoms with E-state index in [1.165, 1.54) is 218 Å². The van der Waals surface area contributed by atoms with Gasteiger partial charge in [0, 0.05) is 12.8 Å². The summed E-state index contributed by atoms with van der Waals surface area (Å²) >= 11 is 0. The number of aliphatic hydroxyl groups excluding tert-OH is 1. The minimum atomic E-state index is -0.779. The first-order valence-electron chi connectivity index (χ1n) is 32.1. The Morgan fingerprint density at radius 3 is 0.892 bits per heavy atom. The van der Waals surface area contributed by atoms with Crippen LogP contribution in [0.15, 0.2) is 85.1 Å². The number of allylic oxidation sites excluding steroid dienone is 14. The maximum Gasteiger partial charge on any atom is 0.306 e. The summed E-state index contributed by atoms with van der Waals surface area (Å²) in [5, 5.41) is 9.68. The van der Waals surface area contributed by atoms with E-state index in [9.17, 15) is 14.7 Å². The summed E-state index contributed by atoms with van der Waals surface area (Å²) in [5.41, 5.74) is 0. The van der Waals surface area contributed by atoms with Crippen molar-refractivity contribution in [1.82, 2.24) is 0 Å². The molecule has 428 valence electrons. The third-order valence-corrected chi connectivity index (χ3v) is 14.2. The fourth-order valence-electron chi connectivity index (χ4n) is 9.38. The average molecular weight is 1030 g/mol. The third kappa shape index (κ3) is 61.6. The van der Waals surface area contributed by atoms with E-state index in [1.54, 1.807) is 0 Å². The molecule has 74 heavy (non-hydrogen) atoms. The second-order valence-electron chi connectivity index (χ2n) is 21.5. The van der Waals surface area contributed by atoms with E-state index in [1.807, 2.05) is 0 Å². The quantitative estimate of drug-likeness (QED) is 0.0373. The van der Waals surface area contributed by atoms with Crippen LogP contribution in [0.1, 0.15) is 322 Å². The van der Waals surface area contributed by atoms with E-state index in [4.69, 9.17) is 9.47 Å². The first kappa shape index (κ1) is 71.1. The van der Waals surface area contributed by atoms with E-state index in [0.717, 1.165) is 77.0 Å². The first-order valence-corrected chi connectivity index (χ1v) is 32.1. The molecule has 0 fully saturated rings. The van der Waals surface area contributed by atoms with Crippen molar-refractivity contribution in [2.24, 2.45) is 0 Å². The molecule has 0 rings (SSSR count). The van der Waals surface area contributed by atoms with Crippen molar-refractivity contribution in [3.8, 4) is 0 Å². The van der Waals surface area contributed by atoms with Gasteiger partial charge in [-0.3, -0.25) is 9.59 Å². The van der Waals surface area contributed by atoms with Gasteiger partial charge >= 0.3 is 11.9 Å². The van der Waals surface area contributed by atoms with Crippen LogP contribution in [-0.4, -0.2) is 36.4 Å². The van der Waals surface area contributed by atoms with Gasteiger partial charge in [0.05, 0.1) is 6.61 Å². The highest BCUT2D eigenvalue weighted by Gasteiger charge is 2.16. The lowest BCUT2D eigenvalue weighted by molar-refractivity contribution is -0.161. The van der Waals surface area contributed by atoms with Gasteiger partial charge < -0.3 is 14.6 Å². The van der Waals surface area contributed by atoms with Gasteiger partial charge in [-0.15, -0.1) is 0 Å². The van der Waals surface area contributed by atoms with Crippen molar-refractivity contribution >= 4 is 11.9 Å². The Labute approximate surface area is 460 Å². The maximum absolute atomic E-state index is 12.3. The first-order chi connectivity index (χ1) is 36.6. The molecule has 1 unspecified atom stereocenters. The summed E-state index contributed by atoms with van der Waals surface area (Å²) < 4.78 is 10.7. The minimum absolute atomic E-state index is 0.0678. The van der Waals surface area contributed by atoms with Crippen molar-refractivity contribution in [3.05, 3.63) is 85.1 Å². The molecular formula is C69H122O5. The molecule has 0 aromatic rings. The topological polar surface area (TPSA) is 72.8 Å². The Morgan fingerprint density at radius 2 is 0.581 bits per heavy atom. The fourth-order valence-corrected chi connectivity index (χ4v) is 9.38. The van der Waals surface area contributed by atoms with Crippen LogP contribution in [0.4, 0.5) is 0 Å². The highest BCUT2D eigenvalue weighted by Crippen LogP contribution is 2.17. The van der Waals surface area contributed by atoms with E-state index >= 15 is 0 Å². The Bertz CT molecular complexity index is 1350. The van der Waals surface area contributed by atoms with Crippen molar-refractivity contribution < 1.29 is 24.2 Å². The molecule has 5 nitrogen and oxygen atoms in total. The van der Waals surface area contributed by atoms with Gasteiger partial charge in [0.25, 0.3) is 0 Å². The maximum atomic E-state index is 12.3. The van der Waals surface area contributed by atoms with Gasteiger partial charge in [0.15, 0.2) is 6.10 Å². The Kier molecular flexibility index (Phi) is 61.8. The molecule has 1 atom stereocenters. The van der Waals surface area contributed by atoms with Gasteiger partial charge in [-0.05, 0) is 89.9 Å². The van der Waals surface area contributed by atoms with Crippen LogP contribution in [0, 0.1) is 0 Å². The third-order valence-electron chi connectivity index (χ3n) is 14.2. The van der Waals surface area contributed by atoms with Gasteiger partial charge in [-0.2, -0.15) is 0 Å². The number of unbranched alkanes of at least 4 members (excludes halogenated alkanes) is 37. The molecule has 0 spiro atoms. The molecule has 0 bridgehead atoms. The molecule has 0 aliphatic heterocycles. The minimum Gasteiger partial charge on any atom is -0.462 e. The molecule has 0 aromatic heterocycles. The second-order valence-corrected chi connectivity index (χ2v) is 21.5. The number of ether oxygens (including phenoxy) is 2. The summed E-state index contributed by atoms with van der Waals surface area (Å²) in [6.45, 7) is 4.06. The van der Waals surface area contributed by atoms with Crippen LogP contribution >= 0.6 is 0 Å². The average Bonchev–Trinajstić information content (AvgIpc) is 3.40. The standard InChI is InChI=1S/C69H122O5/c1-3-5-7-9-11-13-15-17-19-21-23-25-27-29-31-33-34-36-37-39-41-43-45-47-49-51-53-55-57-59-61-63-68(71)73-66-67(65-70)74-69(72)64-62-60-58-56-54-52-50-48-46-44-42-40-38-35-32-30-28-26-24-22-20-18-16-14-12-10-8-6-4-2/h6,8,12,14,18,20-21,23-24,26,30,32,38,40,67,70H,3-5,7,9-11,13,15-17,19,22,25,27-29,31,33-37,39,41-66H2,1-2H3/b8-6-,14-12-,20-18-,23-21-,26-24-,32-30-,40-38-. The van der Waals surface area contributed by atoms with E-state index in [-0.39, 0.29) is 25.2 Å². The largest absolute Gasteiger partial charge is 0.462 e. The number of hydrogen-bond donors (Lipinski definition) is 1. The summed E-state index contributed by atoms with van der Waals surface area (Å²) in [6, 6.07) is 0. The van der Waals surface area contributed by atoms with E-state index in [2.05, 4.69) is 98.9 Å². The van der Waals surface area contributed by atoms with Crippen LogP contribution in [0.25, 0.3) is 0 Å². The summed E-state index contributed by atoms with van der Waals surface area (Å²) in [6.07, 6.45) is 90.2. The number of aliphatic hydroxyl groups is 1. The van der Waals surface area contributed by atoms with Crippen LogP contribution in [0.5, 0.6) is 0 Å². The van der Waals surface area contributed by atoms with E-state index in [0.29, 0.717) is 12.8 Å². The van der Waals surface area contributed by atoms with Crippen molar-refractivity contribution in [2.45, 2.75) is 328 Å². The van der Waals surface area contributed by atoms with Crippen LogP contribution < -0.4 is 0 Å². The van der Waals surface area contributed by atoms with Gasteiger partial charge in [-0.25, -0.2) is 0 Å². The van der Waals surface area contributed by atoms with Crippen molar-refractivity contribution in [3.63, 3.8) is 0 Å². The molecule has 0 aliphatic carbocycles. The second kappa shape index (κ2) is 64.4. The molecule has 0 radical (unpaired) electrons. The van der Waals surface area contributed by atoms with Crippen LogP contribution in [-0.2, 0) is 19.1 Å². The zero-order valence-electron chi connectivity index (χ0n) is 49.1. The number of carbonyl (C=O) groups is 2. The molecular weight excluding hydrogens is 909 g/mol. The smallest absolute Gasteiger partial charge is 0.306 e. The highest BCUT2D eigenvalue weighted by atomic mass is 16.6. The number of esters is 2. The lowest BCUT2D eigenvalue weighted by Gasteiger charge is -2.15. The lowest BCUT2D eigenvalue weighted by Crippen LogP contribution is -2.28. The predicted molar refractivity (Wildman–Crippen MR) is 325 cm³/mol. The predicted octanol–water partition coefficient (Wildman–Crippen LogP) is 22.1. The SMILES string of the molecule is CC/C=C\C/C=C\C/C=C\C/C=C\C/C=C\C/C=C\CCCCCCCCCCCCC(=O)OC(CO)COC(=O)CCCCCCCCCCCCCCCCCCCCC/C=C\CCCCCCCCCC. The number of rotatable bonds is 59. The zero-order chi connectivity index (χ0) is 53.4. The monoisotopic (exact) mass is 1030 g/mol. The molecule has 0 saturated heterocycles. The normalized spacial score (nSPS) is 12.7. The molecule has 0 aromatic carbocycles. The summed E-state index contributed by atoms with van der Waals surface area (Å²) in [4.78, 5) is 24.6. The van der Waals surface area contributed by atoms with Gasteiger partial charge in [-0.1, -0.05) is 304 Å². The Hall–Kier alpha value is -2.92. The molecule has 0 saturated carbocycles. The van der Waals surface area contributed by atoms with Gasteiger partial charge in [0.2, 0.25) is 0 Å². The van der Waals surface area contributed by atoms with Crippen LogP contribution in [0.2, 0.25) is 0 Å². The summed E-state index contributed by atoms with van der Waals surface area (Å²) in [5.74, 6) is -0.585. The Morgan fingerprint density at radius 1 is 0.324 bits per heavy atom.